The predicted molar refractivity (Wildman–Crippen MR) is 121 cm³/mol. The van der Waals surface area contributed by atoms with Crippen LogP contribution in [0.5, 0.6) is 0 Å². The number of nitrogens with zero attached hydrogens (tertiary/aromatic N) is 1. The lowest BCUT2D eigenvalue weighted by Crippen LogP contribution is -2.41. The quantitative estimate of drug-likeness (QED) is 0.485. The van der Waals surface area contributed by atoms with Crippen molar-refractivity contribution >= 4 is 31.9 Å². The summed E-state index contributed by atoms with van der Waals surface area (Å²) < 4.78 is 41.7. The minimum Gasteiger partial charge on any atom is -0.348 e. The van der Waals surface area contributed by atoms with Gasteiger partial charge in [-0.15, -0.1) is 0 Å². The van der Waals surface area contributed by atoms with E-state index in [1.807, 2.05) is 37.3 Å². The predicted octanol–water partition coefficient (Wildman–Crippen LogP) is 4.66. The van der Waals surface area contributed by atoms with Gasteiger partial charge in [-0.25, -0.2) is 12.8 Å². The topological polar surface area (TPSA) is 66.5 Å². The van der Waals surface area contributed by atoms with Crippen molar-refractivity contribution in [3.05, 3.63) is 100 Å². The third-order valence-electron chi connectivity index (χ3n) is 4.72. The van der Waals surface area contributed by atoms with Crippen molar-refractivity contribution in [1.82, 2.24) is 9.62 Å². The van der Waals surface area contributed by atoms with E-state index < -0.39 is 21.7 Å². The Balaban J connectivity index is 1.81. The van der Waals surface area contributed by atoms with E-state index in [-0.39, 0.29) is 24.0 Å². The summed E-state index contributed by atoms with van der Waals surface area (Å²) >= 11 is 3.37. The molecule has 3 rings (SSSR count). The zero-order chi connectivity index (χ0) is 22.4. The number of carbonyl (C=O) groups is 1. The molecule has 3 aromatic carbocycles. The van der Waals surface area contributed by atoms with E-state index in [1.165, 1.54) is 12.1 Å². The Hall–Kier alpha value is -2.55. The first-order chi connectivity index (χ1) is 14.8. The fraction of sp³-hybridized carbons (Fsp3) is 0.174. The van der Waals surface area contributed by atoms with Crippen molar-refractivity contribution in [3.63, 3.8) is 0 Å². The van der Waals surface area contributed by atoms with Gasteiger partial charge in [-0.1, -0.05) is 58.4 Å². The molecule has 8 heteroatoms. The molecule has 0 bridgehead atoms. The Labute approximate surface area is 190 Å². The number of rotatable bonds is 8. The van der Waals surface area contributed by atoms with Gasteiger partial charge in [-0.3, -0.25) is 4.79 Å². The minimum atomic E-state index is -4.02. The van der Waals surface area contributed by atoms with Gasteiger partial charge in [0.05, 0.1) is 17.5 Å². The molecule has 0 radical (unpaired) electrons. The third kappa shape index (κ3) is 6.22. The van der Waals surface area contributed by atoms with Crippen LogP contribution in [0.4, 0.5) is 4.39 Å². The van der Waals surface area contributed by atoms with E-state index >= 15 is 0 Å². The Kier molecular flexibility index (Phi) is 7.59. The molecular formula is C23H22BrFN2O3S. The lowest BCUT2D eigenvalue weighted by Gasteiger charge is -2.23. The number of carbonyl (C=O) groups excluding carboxylic acids is 1. The van der Waals surface area contributed by atoms with E-state index in [9.17, 15) is 17.6 Å². The van der Waals surface area contributed by atoms with Gasteiger partial charge in [0.1, 0.15) is 5.82 Å². The van der Waals surface area contributed by atoms with Gasteiger partial charge in [0.25, 0.3) is 0 Å². The fourth-order valence-electron chi connectivity index (χ4n) is 3.05. The SMILES string of the molecule is C[C@@H](NC(=O)CN(Cc1ccccc1)S(=O)(=O)c1ccc(F)cc1)c1ccc(Br)cc1. The molecule has 1 atom stereocenters. The van der Waals surface area contributed by atoms with Crippen LogP contribution in [0.1, 0.15) is 24.1 Å². The smallest absolute Gasteiger partial charge is 0.243 e. The number of benzene rings is 3. The molecule has 5 nitrogen and oxygen atoms in total. The highest BCUT2D eigenvalue weighted by Gasteiger charge is 2.27. The molecule has 0 heterocycles. The van der Waals surface area contributed by atoms with Crippen molar-refractivity contribution in [1.29, 1.82) is 0 Å². The van der Waals surface area contributed by atoms with E-state index in [0.717, 1.165) is 32.0 Å². The van der Waals surface area contributed by atoms with Crippen molar-refractivity contribution in [2.75, 3.05) is 6.54 Å². The van der Waals surface area contributed by atoms with Crippen LogP contribution >= 0.6 is 15.9 Å². The van der Waals surface area contributed by atoms with E-state index in [4.69, 9.17) is 0 Å². The van der Waals surface area contributed by atoms with Gasteiger partial charge in [0.15, 0.2) is 0 Å². The standard InChI is InChI=1S/C23H22BrFN2O3S/c1-17(19-7-9-20(24)10-8-19)26-23(28)16-27(15-18-5-3-2-4-6-18)31(29,30)22-13-11-21(25)12-14-22/h2-14,17H,15-16H2,1H3,(H,26,28)/t17-/m1/s1. The average molecular weight is 505 g/mol. The molecule has 162 valence electrons. The maximum absolute atomic E-state index is 13.3. The van der Waals surface area contributed by atoms with Crippen LogP contribution in [-0.4, -0.2) is 25.2 Å². The lowest BCUT2D eigenvalue weighted by molar-refractivity contribution is -0.122. The first-order valence-electron chi connectivity index (χ1n) is 9.60. The minimum absolute atomic E-state index is 0.0145. The number of amides is 1. The van der Waals surface area contributed by atoms with Gasteiger partial charge in [-0.05, 0) is 54.4 Å². The maximum atomic E-state index is 13.3. The lowest BCUT2D eigenvalue weighted by atomic mass is 10.1. The molecule has 0 saturated carbocycles. The molecule has 1 N–H and O–H groups in total. The maximum Gasteiger partial charge on any atom is 0.243 e. The number of hydrogen-bond donors (Lipinski definition) is 1. The molecule has 0 aliphatic rings. The Morgan fingerprint density at radius 2 is 1.61 bits per heavy atom. The zero-order valence-electron chi connectivity index (χ0n) is 16.8. The van der Waals surface area contributed by atoms with Crippen molar-refractivity contribution in [2.24, 2.45) is 0 Å². The van der Waals surface area contributed by atoms with Crippen LogP contribution in [0.25, 0.3) is 0 Å². The molecule has 0 aliphatic carbocycles. The largest absolute Gasteiger partial charge is 0.348 e. The van der Waals surface area contributed by atoms with Crippen LogP contribution in [0.3, 0.4) is 0 Å². The zero-order valence-corrected chi connectivity index (χ0v) is 19.2. The first-order valence-corrected chi connectivity index (χ1v) is 11.8. The van der Waals surface area contributed by atoms with Crippen LogP contribution < -0.4 is 5.32 Å². The summed E-state index contributed by atoms with van der Waals surface area (Å²) in [6.07, 6.45) is 0. The van der Waals surface area contributed by atoms with Crippen molar-refractivity contribution in [2.45, 2.75) is 24.4 Å². The second-order valence-electron chi connectivity index (χ2n) is 7.05. The fourth-order valence-corrected chi connectivity index (χ4v) is 4.70. The van der Waals surface area contributed by atoms with E-state index in [1.54, 1.807) is 24.3 Å². The van der Waals surface area contributed by atoms with Crippen LogP contribution in [0.15, 0.2) is 88.2 Å². The summed E-state index contributed by atoms with van der Waals surface area (Å²) in [7, 11) is -4.02. The number of halogens is 2. The van der Waals surface area contributed by atoms with Gasteiger partial charge in [-0.2, -0.15) is 4.31 Å². The van der Waals surface area contributed by atoms with Crippen LogP contribution in [0, 0.1) is 5.82 Å². The van der Waals surface area contributed by atoms with Crippen LogP contribution in [-0.2, 0) is 21.4 Å². The first kappa shape index (κ1) is 23.1. The monoisotopic (exact) mass is 504 g/mol. The van der Waals surface area contributed by atoms with Gasteiger partial charge >= 0.3 is 0 Å². The molecular weight excluding hydrogens is 483 g/mol. The summed E-state index contributed by atoms with van der Waals surface area (Å²) in [5, 5.41) is 2.84. The third-order valence-corrected chi connectivity index (χ3v) is 7.06. The summed E-state index contributed by atoms with van der Waals surface area (Å²) in [6, 6.07) is 20.8. The Morgan fingerprint density at radius 3 is 2.23 bits per heavy atom. The highest BCUT2D eigenvalue weighted by molar-refractivity contribution is 9.10. The second-order valence-corrected chi connectivity index (χ2v) is 9.91. The molecule has 31 heavy (non-hydrogen) atoms. The number of hydrogen-bond acceptors (Lipinski definition) is 3. The van der Waals surface area contributed by atoms with Gasteiger partial charge < -0.3 is 5.32 Å². The van der Waals surface area contributed by atoms with Crippen molar-refractivity contribution < 1.29 is 17.6 Å². The highest BCUT2D eigenvalue weighted by Crippen LogP contribution is 2.20. The summed E-state index contributed by atoms with van der Waals surface area (Å²) in [5.41, 5.74) is 1.63. The second kappa shape index (κ2) is 10.2. The molecule has 0 spiro atoms. The van der Waals surface area contributed by atoms with Crippen molar-refractivity contribution in [3.8, 4) is 0 Å². The normalized spacial score (nSPS) is 12.5. The van der Waals surface area contributed by atoms with E-state index in [0.29, 0.717) is 0 Å². The highest BCUT2D eigenvalue weighted by atomic mass is 79.9. The molecule has 0 saturated heterocycles. The summed E-state index contributed by atoms with van der Waals surface area (Å²) in [6.45, 7) is 1.48. The average Bonchev–Trinajstić information content (AvgIpc) is 2.74. The molecule has 0 unspecified atom stereocenters. The molecule has 0 aromatic heterocycles. The van der Waals surface area contributed by atoms with Crippen LogP contribution in [0.2, 0.25) is 0 Å². The number of sulfonamides is 1. The summed E-state index contributed by atoms with van der Waals surface area (Å²) in [4.78, 5) is 12.7. The Bertz CT molecular complexity index is 1120. The Morgan fingerprint density at radius 1 is 1.00 bits per heavy atom. The number of nitrogens with one attached hydrogen (secondary N) is 1. The molecule has 1 amide bonds. The van der Waals surface area contributed by atoms with Gasteiger partial charge in [0, 0.05) is 11.0 Å². The van der Waals surface area contributed by atoms with E-state index in [2.05, 4.69) is 21.2 Å². The molecule has 3 aromatic rings. The van der Waals surface area contributed by atoms with Gasteiger partial charge in [0.2, 0.25) is 15.9 Å². The summed E-state index contributed by atoms with van der Waals surface area (Å²) in [5.74, 6) is -0.966. The molecule has 0 aliphatic heterocycles. The molecule has 0 fully saturated rings.